The lowest BCUT2D eigenvalue weighted by Gasteiger charge is -2.28. The van der Waals surface area contributed by atoms with Crippen LogP contribution in [0.15, 0.2) is 0 Å². The Bertz CT molecular complexity index is 273. The number of carbonyl (C=O) groups excluding carboxylic acids is 2. The van der Waals surface area contributed by atoms with Gasteiger partial charge in [-0.2, -0.15) is 13.2 Å². The number of rotatable bonds is 4. The van der Waals surface area contributed by atoms with Crippen molar-refractivity contribution in [2.45, 2.75) is 19.0 Å². The molecular weight excluding hydrogens is 237 g/mol. The second-order valence-electron chi connectivity index (χ2n) is 4.14. The third kappa shape index (κ3) is 5.67. The van der Waals surface area contributed by atoms with Gasteiger partial charge in [0.2, 0.25) is 5.91 Å². The van der Waals surface area contributed by atoms with Gasteiger partial charge in [-0.25, -0.2) is 0 Å². The minimum Gasteiger partial charge on any atom is -0.346 e. The Morgan fingerprint density at radius 3 is 2.41 bits per heavy atom. The van der Waals surface area contributed by atoms with Crippen LogP contribution in [0.25, 0.3) is 0 Å². The summed E-state index contributed by atoms with van der Waals surface area (Å²) in [6.07, 6.45) is -2.16. The SMILES string of the molecule is O=CC1CCN(CC(=O)NCC(F)(F)F)CC1. The van der Waals surface area contributed by atoms with Crippen molar-refractivity contribution in [2.75, 3.05) is 26.2 Å². The summed E-state index contributed by atoms with van der Waals surface area (Å²) in [5, 5.41) is 1.82. The van der Waals surface area contributed by atoms with E-state index in [9.17, 15) is 22.8 Å². The fraction of sp³-hybridized carbons (Fsp3) is 0.800. The average Bonchev–Trinajstić information content (AvgIpc) is 2.27. The summed E-state index contributed by atoms with van der Waals surface area (Å²) in [4.78, 5) is 23.4. The van der Waals surface area contributed by atoms with Gasteiger partial charge in [0.05, 0.1) is 6.54 Å². The van der Waals surface area contributed by atoms with E-state index in [1.54, 1.807) is 4.90 Å². The van der Waals surface area contributed by atoms with Crippen LogP contribution in [0.4, 0.5) is 13.2 Å². The standard InChI is InChI=1S/C10H15F3N2O2/c11-10(12,13)7-14-9(17)5-15-3-1-8(6-16)2-4-15/h6,8H,1-5,7H2,(H,14,17). The molecule has 1 aliphatic rings. The molecule has 1 N–H and O–H groups in total. The summed E-state index contributed by atoms with van der Waals surface area (Å²) in [7, 11) is 0. The molecule has 98 valence electrons. The molecule has 1 amide bonds. The smallest absolute Gasteiger partial charge is 0.346 e. The van der Waals surface area contributed by atoms with Crippen LogP contribution < -0.4 is 5.32 Å². The third-order valence-electron chi connectivity index (χ3n) is 2.68. The highest BCUT2D eigenvalue weighted by atomic mass is 19.4. The highest BCUT2D eigenvalue weighted by Gasteiger charge is 2.28. The molecule has 0 aliphatic carbocycles. The lowest BCUT2D eigenvalue weighted by molar-refractivity contribution is -0.139. The van der Waals surface area contributed by atoms with E-state index in [1.165, 1.54) is 0 Å². The molecule has 0 spiro atoms. The summed E-state index contributed by atoms with van der Waals surface area (Å²) in [6, 6.07) is 0. The number of nitrogens with zero attached hydrogens (tertiary/aromatic N) is 1. The van der Waals surface area contributed by atoms with Crippen LogP contribution in [0.5, 0.6) is 0 Å². The number of aldehydes is 1. The van der Waals surface area contributed by atoms with Gasteiger partial charge in [0.15, 0.2) is 0 Å². The van der Waals surface area contributed by atoms with Crippen LogP contribution in [0.3, 0.4) is 0 Å². The number of alkyl halides is 3. The van der Waals surface area contributed by atoms with Crippen molar-refractivity contribution in [3.8, 4) is 0 Å². The first kappa shape index (κ1) is 14.0. The predicted octanol–water partition coefficient (Wildman–Crippen LogP) is 0.576. The molecule has 0 aromatic carbocycles. The molecule has 0 aromatic heterocycles. The minimum absolute atomic E-state index is 0.0180. The Morgan fingerprint density at radius 2 is 1.94 bits per heavy atom. The van der Waals surface area contributed by atoms with Crippen molar-refractivity contribution < 1.29 is 22.8 Å². The lowest BCUT2D eigenvalue weighted by atomic mass is 9.99. The quantitative estimate of drug-likeness (QED) is 0.744. The zero-order valence-electron chi connectivity index (χ0n) is 9.29. The zero-order chi connectivity index (χ0) is 12.9. The molecular formula is C10H15F3N2O2. The molecule has 1 fully saturated rings. The van der Waals surface area contributed by atoms with E-state index in [0.29, 0.717) is 25.9 Å². The van der Waals surface area contributed by atoms with Crippen LogP contribution in [-0.2, 0) is 9.59 Å². The van der Waals surface area contributed by atoms with Gasteiger partial charge in [0.25, 0.3) is 0 Å². The Hall–Kier alpha value is -1.11. The highest BCUT2D eigenvalue weighted by molar-refractivity contribution is 5.78. The molecule has 4 nitrogen and oxygen atoms in total. The van der Waals surface area contributed by atoms with E-state index < -0.39 is 18.6 Å². The molecule has 0 bridgehead atoms. The summed E-state index contributed by atoms with van der Waals surface area (Å²) in [5.41, 5.74) is 0. The lowest BCUT2D eigenvalue weighted by Crippen LogP contribution is -2.43. The van der Waals surface area contributed by atoms with Gasteiger partial charge >= 0.3 is 6.18 Å². The third-order valence-corrected chi connectivity index (χ3v) is 2.68. The van der Waals surface area contributed by atoms with E-state index in [2.05, 4.69) is 0 Å². The molecule has 0 aromatic rings. The molecule has 0 unspecified atom stereocenters. The van der Waals surface area contributed by atoms with Gasteiger partial charge < -0.3 is 10.1 Å². The molecule has 0 atom stereocenters. The molecule has 0 radical (unpaired) electrons. The minimum atomic E-state index is -4.37. The first-order valence-corrected chi connectivity index (χ1v) is 5.42. The number of carbonyl (C=O) groups is 2. The van der Waals surface area contributed by atoms with Crippen LogP contribution >= 0.6 is 0 Å². The maximum absolute atomic E-state index is 11.8. The maximum Gasteiger partial charge on any atom is 0.405 e. The first-order chi connectivity index (χ1) is 7.90. The molecule has 1 rings (SSSR count). The Kier molecular flexibility index (Phi) is 4.92. The monoisotopic (exact) mass is 252 g/mol. The van der Waals surface area contributed by atoms with Gasteiger partial charge in [-0.05, 0) is 25.9 Å². The largest absolute Gasteiger partial charge is 0.405 e. The number of nitrogens with one attached hydrogen (secondary N) is 1. The van der Waals surface area contributed by atoms with E-state index >= 15 is 0 Å². The van der Waals surface area contributed by atoms with Crippen molar-refractivity contribution in [1.82, 2.24) is 10.2 Å². The van der Waals surface area contributed by atoms with Crippen molar-refractivity contribution >= 4 is 12.2 Å². The van der Waals surface area contributed by atoms with Crippen LogP contribution in [0.2, 0.25) is 0 Å². The number of hydrogen-bond acceptors (Lipinski definition) is 3. The Labute approximate surface area is 97.1 Å². The Morgan fingerprint density at radius 1 is 1.35 bits per heavy atom. The predicted molar refractivity (Wildman–Crippen MR) is 54.3 cm³/mol. The molecule has 7 heteroatoms. The summed E-state index contributed by atoms with van der Waals surface area (Å²) >= 11 is 0. The highest BCUT2D eigenvalue weighted by Crippen LogP contribution is 2.15. The maximum atomic E-state index is 11.8. The Balaban J connectivity index is 2.21. The fourth-order valence-corrected chi connectivity index (χ4v) is 1.70. The van der Waals surface area contributed by atoms with E-state index in [-0.39, 0.29) is 12.5 Å². The van der Waals surface area contributed by atoms with E-state index in [0.717, 1.165) is 6.29 Å². The van der Waals surface area contributed by atoms with Crippen LogP contribution in [0.1, 0.15) is 12.8 Å². The second kappa shape index (κ2) is 6.00. The van der Waals surface area contributed by atoms with E-state index in [1.807, 2.05) is 5.32 Å². The van der Waals surface area contributed by atoms with Crippen molar-refractivity contribution in [3.63, 3.8) is 0 Å². The van der Waals surface area contributed by atoms with E-state index in [4.69, 9.17) is 0 Å². The van der Waals surface area contributed by atoms with Gasteiger partial charge in [0.1, 0.15) is 12.8 Å². The number of hydrogen-bond donors (Lipinski definition) is 1. The molecule has 1 aliphatic heterocycles. The number of amides is 1. The van der Waals surface area contributed by atoms with Crippen molar-refractivity contribution in [3.05, 3.63) is 0 Å². The summed E-state index contributed by atoms with van der Waals surface area (Å²) in [5.74, 6) is -0.614. The van der Waals surface area contributed by atoms with Crippen molar-refractivity contribution in [2.24, 2.45) is 5.92 Å². The number of piperidine rings is 1. The van der Waals surface area contributed by atoms with Gasteiger partial charge in [0, 0.05) is 5.92 Å². The van der Waals surface area contributed by atoms with Crippen LogP contribution in [0, 0.1) is 5.92 Å². The summed E-state index contributed by atoms with van der Waals surface area (Å²) in [6.45, 7) is -0.190. The molecule has 1 saturated heterocycles. The normalized spacial score (nSPS) is 19.0. The fourth-order valence-electron chi connectivity index (χ4n) is 1.70. The zero-order valence-corrected chi connectivity index (χ0v) is 9.29. The van der Waals surface area contributed by atoms with Crippen molar-refractivity contribution in [1.29, 1.82) is 0 Å². The number of likely N-dealkylation sites (tertiary alicyclic amines) is 1. The average molecular weight is 252 g/mol. The number of halogens is 3. The summed E-state index contributed by atoms with van der Waals surface area (Å²) < 4.78 is 35.5. The first-order valence-electron chi connectivity index (χ1n) is 5.42. The topological polar surface area (TPSA) is 49.4 Å². The van der Waals surface area contributed by atoms with Gasteiger partial charge in [-0.15, -0.1) is 0 Å². The second-order valence-corrected chi connectivity index (χ2v) is 4.14. The molecule has 0 saturated carbocycles. The molecule has 1 heterocycles. The molecule has 17 heavy (non-hydrogen) atoms. The van der Waals surface area contributed by atoms with Crippen LogP contribution in [-0.4, -0.2) is 49.4 Å². The van der Waals surface area contributed by atoms with Gasteiger partial charge in [-0.1, -0.05) is 0 Å². The van der Waals surface area contributed by atoms with Gasteiger partial charge in [-0.3, -0.25) is 9.69 Å².